The topological polar surface area (TPSA) is 29.3 Å². The van der Waals surface area contributed by atoms with Gasteiger partial charge in [0.15, 0.2) is 0 Å². The Balaban J connectivity index is 1.75. The van der Waals surface area contributed by atoms with E-state index in [2.05, 4.69) is 59.6 Å². The summed E-state index contributed by atoms with van der Waals surface area (Å²) in [7, 11) is 0. The van der Waals surface area contributed by atoms with Crippen LogP contribution in [0.5, 0.6) is 0 Å². The number of allylic oxidation sites excluding steroid dienone is 1. The molecule has 0 saturated carbocycles. The van der Waals surface area contributed by atoms with Crippen molar-refractivity contribution in [3.05, 3.63) is 72.4 Å². The van der Waals surface area contributed by atoms with Crippen LogP contribution in [0, 0.1) is 0 Å². The van der Waals surface area contributed by atoms with Gasteiger partial charge in [-0.25, -0.2) is 0 Å². The summed E-state index contributed by atoms with van der Waals surface area (Å²) in [5.74, 6) is 0.534. The van der Waals surface area contributed by atoms with Crippen molar-refractivity contribution >= 4 is 11.4 Å². The standard InChI is InChI=1S/C17H18N2/c18-16-6-8-17(9-7-16)19-12-10-15(11-13-19)14-4-2-1-3-5-14/h1-10,12,15H,11,13,18H2/t15-/m0/s1. The van der Waals surface area contributed by atoms with E-state index < -0.39 is 0 Å². The van der Waals surface area contributed by atoms with E-state index in [0.29, 0.717) is 5.92 Å². The summed E-state index contributed by atoms with van der Waals surface area (Å²) < 4.78 is 0. The third-order valence-corrected chi connectivity index (χ3v) is 3.63. The molecule has 0 amide bonds. The quantitative estimate of drug-likeness (QED) is 0.822. The fourth-order valence-corrected chi connectivity index (χ4v) is 2.52. The predicted molar refractivity (Wildman–Crippen MR) is 81.1 cm³/mol. The summed E-state index contributed by atoms with van der Waals surface area (Å²) >= 11 is 0. The van der Waals surface area contributed by atoms with E-state index in [9.17, 15) is 0 Å². The molecule has 2 aromatic rings. The van der Waals surface area contributed by atoms with Crippen molar-refractivity contribution in [3.63, 3.8) is 0 Å². The first-order valence-corrected chi connectivity index (χ1v) is 6.68. The molecule has 1 aliphatic heterocycles. The van der Waals surface area contributed by atoms with E-state index >= 15 is 0 Å². The maximum Gasteiger partial charge on any atom is 0.0407 e. The molecule has 0 radical (unpaired) electrons. The van der Waals surface area contributed by atoms with E-state index in [4.69, 9.17) is 5.73 Å². The Kier molecular flexibility index (Phi) is 3.23. The van der Waals surface area contributed by atoms with Gasteiger partial charge >= 0.3 is 0 Å². The zero-order chi connectivity index (χ0) is 13.1. The van der Waals surface area contributed by atoms with Crippen molar-refractivity contribution in [3.8, 4) is 0 Å². The first-order chi connectivity index (χ1) is 9.33. The van der Waals surface area contributed by atoms with Crippen LogP contribution >= 0.6 is 0 Å². The van der Waals surface area contributed by atoms with Crippen LogP contribution in [0.1, 0.15) is 17.9 Å². The highest BCUT2D eigenvalue weighted by molar-refractivity contribution is 5.55. The molecule has 3 rings (SSSR count). The molecule has 2 nitrogen and oxygen atoms in total. The van der Waals surface area contributed by atoms with Crippen LogP contribution in [0.25, 0.3) is 0 Å². The fourth-order valence-electron chi connectivity index (χ4n) is 2.52. The highest BCUT2D eigenvalue weighted by Crippen LogP contribution is 2.28. The molecule has 2 heteroatoms. The van der Waals surface area contributed by atoms with E-state index in [1.54, 1.807) is 0 Å². The van der Waals surface area contributed by atoms with Crippen molar-refractivity contribution in [1.82, 2.24) is 0 Å². The third-order valence-electron chi connectivity index (χ3n) is 3.63. The molecule has 0 spiro atoms. The van der Waals surface area contributed by atoms with Gasteiger partial charge in [0.2, 0.25) is 0 Å². The summed E-state index contributed by atoms with van der Waals surface area (Å²) in [5.41, 5.74) is 9.13. The van der Waals surface area contributed by atoms with Crippen molar-refractivity contribution in [2.24, 2.45) is 0 Å². The van der Waals surface area contributed by atoms with Gasteiger partial charge in [0.25, 0.3) is 0 Å². The minimum Gasteiger partial charge on any atom is -0.399 e. The van der Waals surface area contributed by atoms with Crippen molar-refractivity contribution in [1.29, 1.82) is 0 Å². The monoisotopic (exact) mass is 250 g/mol. The molecule has 0 unspecified atom stereocenters. The maximum atomic E-state index is 5.72. The van der Waals surface area contributed by atoms with Crippen LogP contribution in [0.3, 0.4) is 0 Å². The van der Waals surface area contributed by atoms with Gasteiger partial charge in [0.05, 0.1) is 0 Å². The van der Waals surface area contributed by atoms with Gasteiger partial charge < -0.3 is 10.6 Å². The maximum absolute atomic E-state index is 5.72. The first-order valence-electron chi connectivity index (χ1n) is 6.68. The number of rotatable bonds is 2. The van der Waals surface area contributed by atoms with Crippen molar-refractivity contribution in [2.75, 3.05) is 17.2 Å². The molecule has 0 saturated heterocycles. The molecule has 0 bridgehead atoms. The van der Waals surface area contributed by atoms with Crippen LogP contribution in [0.4, 0.5) is 11.4 Å². The summed E-state index contributed by atoms with van der Waals surface area (Å²) in [6.07, 6.45) is 5.62. The average molecular weight is 250 g/mol. The summed E-state index contributed by atoms with van der Waals surface area (Å²) in [6, 6.07) is 18.7. The zero-order valence-electron chi connectivity index (χ0n) is 10.9. The molecule has 1 aliphatic rings. The van der Waals surface area contributed by atoms with Crippen LogP contribution in [0.2, 0.25) is 0 Å². The normalized spacial score (nSPS) is 18.5. The molecule has 0 aromatic heterocycles. The SMILES string of the molecule is Nc1ccc(N2C=C[C@H](c3ccccc3)CC2)cc1. The molecule has 0 fully saturated rings. The highest BCUT2D eigenvalue weighted by Gasteiger charge is 2.15. The number of nitrogen functional groups attached to an aromatic ring is 1. The van der Waals surface area contributed by atoms with Gasteiger partial charge in [-0.1, -0.05) is 36.4 Å². The minimum atomic E-state index is 0.534. The molecule has 2 N–H and O–H groups in total. The van der Waals surface area contributed by atoms with Crippen LogP contribution in [0.15, 0.2) is 66.9 Å². The van der Waals surface area contributed by atoms with E-state index in [-0.39, 0.29) is 0 Å². The zero-order valence-corrected chi connectivity index (χ0v) is 10.9. The molecule has 2 aromatic carbocycles. The second-order valence-electron chi connectivity index (χ2n) is 4.93. The smallest absolute Gasteiger partial charge is 0.0407 e. The largest absolute Gasteiger partial charge is 0.399 e. The van der Waals surface area contributed by atoms with E-state index in [1.807, 2.05) is 12.1 Å². The average Bonchev–Trinajstić information content (AvgIpc) is 2.49. The summed E-state index contributed by atoms with van der Waals surface area (Å²) in [6.45, 7) is 1.04. The Hall–Kier alpha value is -2.22. The highest BCUT2D eigenvalue weighted by atomic mass is 15.1. The minimum absolute atomic E-state index is 0.534. The number of anilines is 2. The number of hydrogen-bond donors (Lipinski definition) is 1. The van der Waals surface area contributed by atoms with Crippen molar-refractivity contribution < 1.29 is 0 Å². The lowest BCUT2D eigenvalue weighted by Crippen LogP contribution is -2.23. The fraction of sp³-hybridized carbons (Fsp3) is 0.176. The van der Waals surface area contributed by atoms with Gasteiger partial charge in [-0.3, -0.25) is 0 Å². The molecule has 1 atom stereocenters. The van der Waals surface area contributed by atoms with Crippen LogP contribution < -0.4 is 10.6 Å². The number of nitrogens with two attached hydrogens (primary N) is 1. The molecule has 19 heavy (non-hydrogen) atoms. The number of hydrogen-bond acceptors (Lipinski definition) is 2. The van der Waals surface area contributed by atoms with Gasteiger partial charge in [-0.15, -0.1) is 0 Å². The lowest BCUT2D eigenvalue weighted by Gasteiger charge is -2.28. The van der Waals surface area contributed by atoms with E-state index in [0.717, 1.165) is 18.7 Å². The summed E-state index contributed by atoms with van der Waals surface area (Å²) in [5, 5.41) is 0. The van der Waals surface area contributed by atoms with Gasteiger partial charge in [0, 0.05) is 30.0 Å². The predicted octanol–water partition coefficient (Wildman–Crippen LogP) is 3.78. The molecule has 96 valence electrons. The Morgan fingerprint density at radius 3 is 2.32 bits per heavy atom. The van der Waals surface area contributed by atoms with Gasteiger partial charge in [-0.2, -0.15) is 0 Å². The third kappa shape index (κ3) is 2.63. The Bertz CT molecular complexity index is 558. The Labute approximate surface area is 114 Å². The molecule has 1 heterocycles. The lowest BCUT2D eigenvalue weighted by atomic mass is 9.93. The Morgan fingerprint density at radius 2 is 1.68 bits per heavy atom. The Morgan fingerprint density at radius 1 is 0.947 bits per heavy atom. The van der Waals surface area contributed by atoms with Crippen LogP contribution in [-0.4, -0.2) is 6.54 Å². The number of nitrogens with zero attached hydrogens (tertiary/aromatic N) is 1. The van der Waals surface area contributed by atoms with Crippen molar-refractivity contribution in [2.45, 2.75) is 12.3 Å². The first kappa shape index (κ1) is 11.8. The molecular weight excluding hydrogens is 232 g/mol. The lowest BCUT2D eigenvalue weighted by molar-refractivity contribution is 0.699. The van der Waals surface area contributed by atoms with E-state index in [1.165, 1.54) is 11.3 Å². The van der Waals surface area contributed by atoms with Crippen LogP contribution in [-0.2, 0) is 0 Å². The van der Waals surface area contributed by atoms with Gasteiger partial charge in [-0.05, 0) is 36.2 Å². The molecular formula is C17H18N2. The second kappa shape index (κ2) is 5.19. The molecule has 0 aliphatic carbocycles. The number of benzene rings is 2. The second-order valence-corrected chi connectivity index (χ2v) is 4.93. The van der Waals surface area contributed by atoms with Gasteiger partial charge in [0.1, 0.15) is 0 Å². The summed E-state index contributed by atoms with van der Waals surface area (Å²) in [4.78, 5) is 2.28.